The Morgan fingerprint density at radius 2 is 1.52 bits per heavy atom. The Balaban J connectivity index is 0. The average molecular weight is 322 g/mol. The van der Waals surface area contributed by atoms with Gasteiger partial charge in [-0.1, -0.05) is 35.6 Å². The Morgan fingerprint density at radius 3 is 1.86 bits per heavy atom. The van der Waals surface area contributed by atoms with Gasteiger partial charge in [-0.2, -0.15) is 0 Å². The SMILES string of the molecule is C.C.CC(C)(C)COP(=O)(N1CCC(N)CC1)C(C)(C)C. The monoisotopic (exact) mass is 322 g/mol. The predicted molar refractivity (Wildman–Crippen MR) is 95.0 cm³/mol. The summed E-state index contributed by atoms with van der Waals surface area (Å²) in [7, 11) is -2.82. The highest BCUT2D eigenvalue weighted by molar-refractivity contribution is 7.58. The van der Waals surface area contributed by atoms with Crippen molar-refractivity contribution in [3.8, 4) is 0 Å². The highest BCUT2D eigenvalue weighted by Crippen LogP contribution is 2.62. The third kappa shape index (κ3) is 6.40. The zero-order valence-electron chi connectivity index (χ0n) is 13.4. The Kier molecular flexibility index (Phi) is 9.02. The predicted octanol–water partition coefficient (Wildman–Crippen LogP) is 4.74. The van der Waals surface area contributed by atoms with E-state index in [1.54, 1.807) is 0 Å². The van der Waals surface area contributed by atoms with E-state index in [4.69, 9.17) is 10.3 Å². The van der Waals surface area contributed by atoms with Gasteiger partial charge in [0.05, 0.1) is 11.8 Å². The molecule has 0 bridgehead atoms. The van der Waals surface area contributed by atoms with Crippen molar-refractivity contribution in [1.82, 2.24) is 4.67 Å². The van der Waals surface area contributed by atoms with Crippen molar-refractivity contribution >= 4 is 7.52 Å². The molecule has 5 heteroatoms. The highest BCUT2D eigenvalue weighted by atomic mass is 31.2. The van der Waals surface area contributed by atoms with E-state index in [2.05, 4.69) is 20.8 Å². The second-order valence-corrected chi connectivity index (χ2v) is 11.0. The third-order valence-electron chi connectivity index (χ3n) is 3.41. The Hall–Kier alpha value is 0.110. The van der Waals surface area contributed by atoms with Crippen molar-refractivity contribution in [3.05, 3.63) is 0 Å². The molecule has 0 aromatic carbocycles. The Bertz CT molecular complexity index is 337. The summed E-state index contributed by atoms with van der Waals surface area (Å²) >= 11 is 0. The van der Waals surface area contributed by atoms with Crippen LogP contribution < -0.4 is 5.73 Å². The van der Waals surface area contributed by atoms with E-state index in [9.17, 15) is 4.57 Å². The Labute approximate surface area is 133 Å². The molecule has 1 unspecified atom stereocenters. The van der Waals surface area contributed by atoms with Gasteiger partial charge < -0.3 is 10.3 Å². The first-order chi connectivity index (χ1) is 8.46. The van der Waals surface area contributed by atoms with Gasteiger partial charge in [-0.3, -0.25) is 4.57 Å². The topological polar surface area (TPSA) is 55.6 Å². The fourth-order valence-electron chi connectivity index (χ4n) is 2.13. The first-order valence-corrected chi connectivity index (χ1v) is 8.79. The van der Waals surface area contributed by atoms with Gasteiger partial charge in [0.2, 0.25) is 0 Å². The maximum absolute atomic E-state index is 13.4. The van der Waals surface area contributed by atoms with Crippen LogP contribution in [0.5, 0.6) is 0 Å². The zero-order chi connectivity index (χ0) is 14.9. The van der Waals surface area contributed by atoms with Gasteiger partial charge in [0, 0.05) is 19.1 Å². The van der Waals surface area contributed by atoms with Crippen molar-refractivity contribution in [2.45, 2.75) is 80.4 Å². The molecule has 1 rings (SSSR count). The summed E-state index contributed by atoms with van der Waals surface area (Å²) in [5, 5.41) is -0.361. The van der Waals surface area contributed by atoms with E-state index in [0.29, 0.717) is 6.61 Å². The van der Waals surface area contributed by atoms with Gasteiger partial charge in [0.15, 0.2) is 0 Å². The molecule has 0 saturated carbocycles. The number of piperidine rings is 1. The van der Waals surface area contributed by atoms with Crippen LogP contribution in [-0.4, -0.2) is 35.6 Å². The standard InChI is InChI=1S/C14H31N2O2P.2CH4/c1-13(2,3)11-18-19(17,14(4,5)6)16-9-7-12(15)8-10-16;;/h12H,7-11,15H2,1-6H3;2*1H4. The minimum atomic E-state index is -2.82. The fourth-order valence-corrected chi connectivity index (χ4v) is 4.85. The maximum atomic E-state index is 13.4. The molecule has 0 aromatic heterocycles. The van der Waals surface area contributed by atoms with Crippen LogP contribution in [-0.2, 0) is 9.09 Å². The van der Waals surface area contributed by atoms with Gasteiger partial charge in [0.25, 0.3) is 7.52 Å². The van der Waals surface area contributed by atoms with Crippen LogP contribution in [0.2, 0.25) is 0 Å². The molecule has 0 aliphatic carbocycles. The molecule has 0 spiro atoms. The van der Waals surface area contributed by atoms with Gasteiger partial charge in [-0.05, 0) is 39.0 Å². The summed E-state index contributed by atoms with van der Waals surface area (Å²) in [6, 6.07) is 0.243. The summed E-state index contributed by atoms with van der Waals surface area (Å²) < 4.78 is 21.4. The summed E-state index contributed by atoms with van der Waals surface area (Å²) in [4.78, 5) is 0. The smallest absolute Gasteiger partial charge is 0.277 e. The normalized spacial score (nSPS) is 21.1. The van der Waals surface area contributed by atoms with Crippen LogP contribution in [0.25, 0.3) is 0 Å². The van der Waals surface area contributed by atoms with Gasteiger partial charge >= 0.3 is 0 Å². The van der Waals surface area contributed by atoms with Crippen molar-refractivity contribution in [2.24, 2.45) is 11.1 Å². The molecule has 1 aliphatic heterocycles. The summed E-state index contributed by atoms with van der Waals surface area (Å²) in [6.45, 7) is 14.4. The lowest BCUT2D eigenvalue weighted by atomic mass is 9.99. The molecular weight excluding hydrogens is 283 g/mol. The first kappa shape index (κ1) is 23.4. The highest BCUT2D eigenvalue weighted by Gasteiger charge is 2.45. The van der Waals surface area contributed by atoms with E-state index < -0.39 is 7.52 Å². The van der Waals surface area contributed by atoms with Crippen molar-refractivity contribution in [2.75, 3.05) is 19.7 Å². The first-order valence-electron chi connectivity index (χ1n) is 7.21. The van der Waals surface area contributed by atoms with Gasteiger partial charge in [-0.25, -0.2) is 4.67 Å². The molecule has 0 aromatic rings. The van der Waals surface area contributed by atoms with E-state index in [-0.39, 0.29) is 31.5 Å². The van der Waals surface area contributed by atoms with Crippen molar-refractivity contribution in [1.29, 1.82) is 0 Å². The van der Waals surface area contributed by atoms with E-state index in [1.165, 1.54) is 0 Å². The molecule has 1 aliphatic rings. The molecular formula is C16H39N2O2P. The molecule has 1 atom stereocenters. The van der Waals surface area contributed by atoms with Crippen molar-refractivity contribution < 1.29 is 9.09 Å². The number of nitrogens with two attached hydrogens (primary N) is 1. The molecule has 4 nitrogen and oxygen atoms in total. The average Bonchev–Trinajstić information content (AvgIpc) is 2.24. The largest absolute Gasteiger partial charge is 0.328 e. The zero-order valence-corrected chi connectivity index (χ0v) is 14.3. The van der Waals surface area contributed by atoms with Gasteiger partial charge in [-0.15, -0.1) is 0 Å². The minimum Gasteiger partial charge on any atom is -0.328 e. The number of nitrogens with zero attached hydrogens (tertiary/aromatic N) is 1. The summed E-state index contributed by atoms with van der Waals surface area (Å²) in [5.74, 6) is 0. The number of hydrogen-bond acceptors (Lipinski definition) is 3. The summed E-state index contributed by atoms with van der Waals surface area (Å²) in [5.41, 5.74) is 5.96. The molecule has 1 heterocycles. The van der Waals surface area contributed by atoms with Crippen LogP contribution >= 0.6 is 7.52 Å². The van der Waals surface area contributed by atoms with E-state index >= 15 is 0 Å². The quantitative estimate of drug-likeness (QED) is 0.763. The third-order valence-corrected chi connectivity index (χ3v) is 6.73. The summed E-state index contributed by atoms with van der Waals surface area (Å²) in [6.07, 6.45) is 1.80. The lowest BCUT2D eigenvalue weighted by molar-refractivity contribution is 0.161. The lowest BCUT2D eigenvalue weighted by Crippen LogP contribution is -2.42. The molecule has 2 N–H and O–H groups in total. The van der Waals surface area contributed by atoms with Crippen LogP contribution in [0.15, 0.2) is 0 Å². The molecule has 0 radical (unpaired) electrons. The fraction of sp³-hybridized carbons (Fsp3) is 1.00. The van der Waals surface area contributed by atoms with Crippen LogP contribution in [0.1, 0.15) is 69.2 Å². The number of rotatable bonds is 3. The van der Waals surface area contributed by atoms with Crippen LogP contribution in [0.3, 0.4) is 0 Å². The molecule has 130 valence electrons. The maximum Gasteiger partial charge on any atom is 0.277 e. The number of hydrogen-bond donors (Lipinski definition) is 1. The van der Waals surface area contributed by atoms with Gasteiger partial charge in [0.1, 0.15) is 0 Å². The second-order valence-electron chi connectivity index (χ2n) is 7.82. The van der Waals surface area contributed by atoms with E-state index in [0.717, 1.165) is 25.9 Å². The molecule has 21 heavy (non-hydrogen) atoms. The second kappa shape index (κ2) is 8.10. The van der Waals surface area contributed by atoms with Crippen molar-refractivity contribution in [3.63, 3.8) is 0 Å². The molecule has 1 saturated heterocycles. The molecule has 1 fully saturated rings. The van der Waals surface area contributed by atoms with E-state index in [1.807, 2.05) is 25.4 Å². The van der Waals surface area contributed by atoms with Crippen LogP contribution in [0.4, 0.5) is 0 Å². The molecule has 0 amide bonds. The lowest BCUT2D eigenvalue weighted by Gasteiger charge is -2.42. The minimum absolute atomic E-state index is 0. The Morgan fingerprint density at radius 1 is 1.10 bits per heavy atom. The van der Waals surface area contributed by atoms with Crippen LogP contribution in [0, 0.1) is 5.41 Å².